The van der Waals surface area contributed by atoms with Crippen molar-refractivity contribution in [3.05, 3.63) is 46.9 Å². The molecule has 4 heterocycles. The van der Waals surface area contributed by atoms with Gasteiger partial charge in [-0.1, -0.05) is 5.16 Å². The number of thiazole rings is 1. The van der Waals surface area contributed by atoms with E-state index in [2.05, 4.69) is 15.5 Å². The molecule has 1 unspecified atom stereocenters. The van der Waals surface area contributed by atoms with Gasteiger partial charge < -0.3 is 31.5 Å². The van der Waals surface area contributed by atoms with Gasteiger partial charge in [-0.05, 0) is 6.07 Å². The van der Waals surface area contributed by atoms with Crippen LogP contribution in [0.4, 0.5) is 10.8 Å². The first-order chi connectivity index (χ1) is 15.8. The number of fused-ring (bicyclic) bond motifs is 1. The summed E-state index contributed by atoms with van der Waals surface area (Å²) in [5.74, 6) is -2.39. The van der Waals surface area contributed by atoms with Crippen molar-refractivity contribution in [3.8, 4) is 0 Å². The summed E-state index contributed by atoms with van der Waals surface area (Å²) in [6, 6.07) is 2.50. The molecule has 5 N–H and O–H groups in total. The van der Waals surface area contributed by atoms with E-state index in [0.717, 1.165) is 16.2 Å². The molecular weight excluding hydrogens is 470 g/mol. The van der Waals surface area contributed by atoms with Crippen molar-refractivity contribution in [2.75, 3.05) is 24.3 Å². The standard InChI is InChI=1S/C19H19N7O5S2/c1-31-24-12(11-8-33-19(21)22-11)15(27)23-13-16(28)26-14(18(29)30)9(7-32-17(13)26)5-25-4-2-3-10(20)6-25/h2-4,6,8,13,17H,5,7,20H2,1H3,(H3-,21,22,23,27,29,30)/t13?,17-/m1/s1. The van der Waals surface area contributed by atoms with Crippen LogP contribution in [0.1, 0.15) is 5.69 Å². The lowest BCUT2D eigenvalue weighted by Gasteiger charge is -2.50. The fourth-order valence-electron chi connectivity index (χ4n) is 3.56. The van der Waals surface area contributed by atoms with Gasteiger partial charge in [0.15, 0.2) is 29.8 Å². The minimum atomic E-state index is -1.46. The van der Waals surface area contributed by atoms with Gasteiger partial charge in [0.25, 0.3) is 11.8 Å². The van der Waals surface area contributed by atoms with Crippen LogP contribution in [0.25, 0.3) is 0 Å². The van der Waals surface area contributed by atoms with E-state index in [4.69, 9.17) is 16.3 Å². The van der Waals surface area contributed by atoms with Crippen molar-refractivity contribution in [3.63, 3.8) is 0 Å². The molecule has 0 saturated carbocycles. The van der Waals surface area contributed by atoms with Crippen LogP contribution in [0.3, 0.4) is 0 Å². The Kier molecular flexibility index (Phi) is 6.20. The fraction of sp³-hybridized carbons (Fsp3) is 0.263. The maximum atomic E-state index is 12.9. The van der Waals surface area contributed by atoms with Crippen LogP contribution in [0, 0.1) is 0 Å². The molecule has 33 heavy (non-hydrogen) atoms. The third-order valence-corrected chi connectivity index (χ3v) is 6.96. The second kappa shape index (κ2) is 9.07. The van der Waals surface area contributed by atoms with Crippen LogP contribution in [0.15, 0.2) is 46.3 Å². The van der Waals surface area contributed by atoms with Crippen molar-refractivity contribution >= 4 is 57.4 Å². The molecule has 0 aliphatic carbocycles. The minimum Gasteiger partial charge on any atom is -0.543 e. The summed E-state index contributed by atoms with van der Waals surface area (Å²) in [4.78, 5) is 47.4. The molecule has 1 saturated heterocycles. The normalized spacial score (nSPS) is 20.2. The number of β-lactam (4-membered cyclic amide) rings is 1. The molecule has 172 valence electrons. The molecule has 12 nitrogen and oxygen atoms in total. The van der Waals surface area contributed by atoms with Gasteiger partial charge in [-0.2, -0.15) is 4.57 Å². The van der Waals surface area contributed by atoms with Gasteiger partial charge in [-0.25, -0.2) is 4.98 Å². The molecule has 2 aromatic rings. The zero-order valence-corrected chi connectivity index (χ0v) is 18.9. The number of anilines is 2. The number of nitrogens with zero attached hydrogens (tertiary/aromatic N) is 4. The molecule has 1 fully saturated rings. The van der Waals surface area contributed by atoms with E-state index < -0.39 is 29.2 Å². The number of hydrogen-bond donors (Lipinski definition) is 3. The van der Waals surface area contributed by atoms with Gasteiger partial charge in [0.1, 0.15) is 24.2 Å². The van der Waals surface area contributed by atoms with Crippen molar-refractivity contribution in [2.24, 2.45) is 5.16 Å². The number of carboxylic acid groups (broad SMARTS) is 1. The third-order valence-electron chi connectivity index (χ3n) is 4.94. The number of amides is 2. The number of aromatic nitrogens is 2. The molecular formula is C19H19N7O5S2. The number of carboxylic acids is 1. The van der Waals surface area contributed by atoms with Gasteiger partial charge in [0, 0.05) is 22.8 Å². The zero-order chi connectivity index (χ0) is 23.7. The predicted octanol–water partition coefficient (Wildman–Crippen LogP) is -1.95. The fourth-order valence-corrected chi connectivity index (χ4v) is 5.44. The number of rotatable bonds is 7. The van der Waals surface area contributed by atoms with Crippen molar-refractivity contribution in [2.45, 2.75) is 18.0 Å². The lowest BCUT2D eigenvalue weighted by atomic mass is 10.0. The molecule has 4 rings (SSSR count). The van der Waals surface area contributed by atoms with E-state index in [9.17, 15) is 19.5 Å². The number of aliphatic carboxylic acids is 1. The first-order valence-electron chi connectivity index (χ1n) is 9.56. The number of pyridine rings is 1. The minimum absolute atomic E-state index is 0.146. The maximum absolute atomic E-state index is 12.9. The van der Waals surface area contributed by atoms with Crippen LogP contribution in [-0.2, 0) is 25.8 Å². The third kappa shape index (κ3) is 4.34. The summed E-state index contributed by atoms with van der Waals surface area (Å²) in [7, 11) is 1.27. The zero-order valence-electron chi connectivity index (χ0n) is 17.3. The Morgan fingerprint density at radius 1 is 1.45 bits per heavy atom. The summed E-state index contributed by atoms with van der Waals surface area (Å²) in [5.41, 5.74) is 12.3. The molecule has 0 spiro atoms. The maximum Gasteiger partial charge on any atom is 0.276 e. The number of oxime groups is 1. The van der Waals surface area contributed by atoms with E-state index in [1.54, 1.807) is 29.1 Å². The summed E-state index contributed by atoms with van der Waals surface area (Å²) in [6.45, 7) is 0.227. The highest BCUT2D eigenvalue weighted by Gasteiger charge is 2.53. The first kappa shape index (κ1) is 22.5. The molecule has 0 bridgehead atoms. The molecule has 0 aromatic carbocycles. The molecule has 2 aliphatic rings. The van der Waals surface area contributed by atoms with Crippen molar-refractivity contribution in [1.82, 2.24) is 15.2 Å². The molecule has 2 aliphatic heterocycles. The van der Waals surface area contributed by atoms with Crippen molar-refractivity contribution < 1.29 is 28.9 Å². The van der Waals surface area contributed by atoms with Crippen LogP contribution in [0.5, 0.6) is 0 Å². The van der Waals surface area contributed by atoms with Crippen molar-refractivity contribution in [1.29, 1.82) is 0 Å². The van der Waals surface area contributed by atoms with Gasteiger partial charge in [-0.3, -0.25) is 14.5 Å². The van der Waals surface area contributed by atoms with Crippen LogP contribution in [-0.4, -0.2) is 57.7 Å². The highest BCUT2D eigenvalue weighted by Crippen LogP contribution is 2.40. The monoisotopic (exact) mass is 489 g/mol. The lowest BCUT2D eigenvalue weighted by Crippen LogP contribution is -2.71. The number of thioether (sulfide) groups is 1. The highest BCUT2D eigenvalue weighted by atomic mass is 32.2. The summed E-state index contributed by atoms with van der Waals surface area (Å²) >= 11 is 2.46. The second-order valence-electron chi connectivity index (χ2n) is 7.10. The van der Waals surface area contributed by atoms with Gasteiger partial charge in [0.2, 0.25) is 0 Å². The van der Waals surface area contributed by atoms with E-state index in [1.165, 1.54) is 24.3 Å². The number of carbonyl (C=O) groups is 3. The molecule has 2 amide bonds. The summed E-state index contributed by atoms with van der Waals surface area (Å²) in [5, 5.41) is 19.4. The molecule has 2 aromatic heterocycles. The average molecular weight is 490 g/mol. The topological polar surface area (TPSA) is 180 Å². The Bertz CT molecular complexity index is 1190. The number of carbonyl (C=O) groups excluding carboxylic acids is 3. The second-order valence-corrected chi connectivity index (χ2v) is 9.10. The van der Waals surface area contributed by atoms with Crippen LogP contribution < -0.4 is 26.5 Å². The predicted molar refractivity (Wildman–Crippen MR) is 118 cm³/mol. The number of nitrogens with one attached hydrogen (secondary N) is 1. The summed E-state index contributed by atoms with van der Waals surface area (Å²) < 4.78 is 1.73. The Morgan fingerprint density at radius 3 is 2.88 bits per heavy atom. The van der Waals surface area contributed by atoms with E-state index in [0.29, 0.717) is 17.0 Å². The first-order valence-corrected chi connectivity index (χ1v) is 11.5. The van der Waals surface area contributed by atoms with Gasteiger partial charge >= 0.3 is 0 Å². The Hall–Kier alpha value is -3.65. The number of nitrogen functional groups attached to an aromatic ring is 2. The Balaban J connectivity index is 1.54. The van der Waals surface area contributed by atoms with Gasteiger partial charge in [-0.15, -0.1) is 23.1 Å². The van der Waals surface area contributed by atoms with Gasteiger partial charge in [0.05, 0.1) is 17.4 Å². The molecule has 2 atom stereocenters. The molecule has 14 heteroatoms. The largest absolute Gasteiger partial charge is 0.543 e. The number of nitrogens with two attached hydrogens (primary N) is 2. The lowest BCUT2D eigenvalue weighted by molar-refractivity contribution is -0.688. The van der Waals surface area contributed by atoms with E-state index in [1.807, 2.05) is 0 Å². The van der Waals surface area contributed by atoms with Crippen LogP contribution in [0.2, 0.25) is 0 Å². The average Bonchev–Trinajstić information content (AvgIpc) is 3.21. The SMILES string of the molecule is CON=C(C(=O)NC1C(=O)N2C(C(=O)[O-])=C(C[n+]3cccc(N)c3)CS[C@H]12)c1csc(N)n1. The summed E-state index contributed by atoms with van der Waals surface area (Å²) in [6.07, 6.45) is 3.41. The van der Waals surface area contributed by atoms with E-state index >= 15 is 0 Å². The van der Waals surface area contributed by atoms with E-state index in [-0.39, 0.29) is 28.8 Å². The smallest absolute Gasteiger partial charge is 0.276 e. The Labute approximate surface area is 195 Å². The molecule has 0 radical (unpaired) electrons. The quantitative estimate of drug-likeness (QED) is 0.172. The Morgan fingerprint density at radius 2 is 2.24 bits per heavy atom. The number of hydrogen-bond acceptors (Lipinski definition) is 11. The highest BCUT2D eigenvalue weighted by molar-refractivity contribution is 8.00. The van der Waals surface area contributed by atoms with Crippen LogP contribution >= 0.6 is 23.1 Å².